The van der Waals surface area contributed by atoms with Crippen molar-refractivity contribution in [2.75, 3.05) is 0 Å². The van der Waals surface area contributed by atoms with Crippen LogP contribution < -0.4 is 5.32 Å². The van der Waals surface area contributed by atoms with Crippen LogP contribution in [-0.4, -0.2) is 15.5 Å². The molecule has 0 bridgehead atoms. The lowest BCUT2D eigenvalue weighted by molar-refractivity contribution is 0.207. The Hall–Kier alpha value is -1.93. The molecule has 5 heteroatoms. The van der Waals surface area contributed by atoms with E-state index in [-0.39, 0.29) is 16.7 Å². The van der Waals surface area contributed by atoms with Gasteiger partial charge in [-0.05, 0) is 37.8 Å². The molecule has 0 aromatic carbocycles. The van der Waals surface area contributed by atoms with E-state index in [2.05, 4.69) is 22.2 Å². The van der Waals surface area contributed by atoms with E-state index in [1.807, 2.05) is 6.07 Å². The number of H-pyrrole nitrogens is 1. The third-order valence-corrected chi connectivity index (χ3v) is 3.95. The number of hydrogen-bond acceptors (Lipinski definition) is 3. The Morgan fingerprint density at radius 2 is 2.37 bits per heavy atom. The van der Waals surface area contributed by atoms with E-state index in [1.54, 1.807) is 6.07 Å². The highest BCUT2D eigenvalue weighted by atomic mass is 19.1. The van der Waals surface area contributed by atoms with Crippen LogP contribution in [0.15, 0.2) is 12.3 Å². The Kier molecular flexibility index (Phi) is 2.76. The number of pyridine rings is 1. The van der Waals surface area contributed by atoms with Crippen molar-refractivity contribution in [1.29, 1.82) is 5.26 Å². The first kappa shape index (κ1) is 12.1. The van der Waals surface area contributed by atoms with Crippen molar-refractivity contribution >= 4 is 11.0 Å². The zero-order valence-corrected chi connectivity index (χ0v) is 10.8. The average Bonchev–Trinajstić information content (AvgIpc) is 2.75. The van der Waals surface area contributed by atoms with Gasteiger partial charge in [0, 0.05) is 18.3 Å². The van der Waals surface area contributed by atoms with Crippen molar-refractivity contribution in [3.8, 4) is 6.07 Å². The van der Waals surface area contributed by atoms with Gasteiger partial charge in [-0.25, -0.2) is 9.37 Å². The topological polar surface area (TPSA) is 64.5 Å². The summed E-state index contributed by atoms with van der Waals surface area (Å²) in [5, 5.41) is 12.5. The van der Waals surface area contributed by atoms with E-state index in [0.717, 1.165) is 18.4 Å². The lowest BCUT2D eigenvalue weighted by atomic mass is 9.78. The molecule has 0 spiro atoms. The van der Waals surface area contributed by atoms with Gasteiger partial charge in [0.2, 0.25) is 0 Å². The number of nitriles is 1. The molecule has 4 nitrogen and oxygen atoms in total. The lowest BCUT2D eigenvalue weighted by Gasteiger charge is -2.39. The average molecular weight is 258 g/mol. The maximum Gasteiger partial charge on any atom is 0.166 e. The number of aromatic amines is 1. The molecule has 98 valence electrons. The molecule has 2 aromatic heterocycles. The molecule has 0 aliphatic heterocycles. The fourth-order valence-electron chi connectivity index (χ4n) is 2.52. The molecule has 1 aliphatic rings. The Morgan fingerprint density at radius 1 is 1.58 bits per heavy atom. The van der Waals surface area contributed by atoms with Gasteiger partial charge in [0.05, 0.1) is 5.52 Å². The molecular formula is C14H15FN4. The molecule has 0 saturated heterocycles. The number of fused-ring (bicyclic) bond motifs is 1. The monoisotopic (exact) mass is 258 g/mol. The lowest BCUT2D eigenvalue weighted by Crippen LogP contribution is -2.47. The number of nitrogens with zero attached hydrogens (tertiary/aromatic N) is 2. The third kappa shape index (κ3) is 2.08. The van der Waals surface area contributed by atoms with Crippen LogP contribution in [0.4, 0.5) is 4.39 Å². The van der Waals surface area contributed by atoms with Crippen LogP contribution in [0.5, 0.6) is 0 Å². The molecule has 0 amide bonds. The van der Waals surface area contributed by atoms with E-state index in [4.69, 9.17) is 5.26 Å². The first-order valence-electron chi connectivity index (χ1n) is 6.43. The summed E-state index contributed by atoms with van der Waals surface area (Å²) in [6, 6.07) is 3.70. The SMILES string of the molecule is CC1(NCc2cc(C#N)nc3c(F)c[nH]c23)CCC1. The third-order valence-electron chi connectivity index (χ3n) is 3.95. The number of rotatable bonds is 3. The molecule has 1 aliphatic carbocycles. The highest BCUT2D eigenvalue weighted by Crippen LogP contribution is 2.31. The fraction of sp³-hybridized carbons (Fsp3) is 0.429. The van der Waals surface area contributed by atoms with Gasteiger partial charge in [-0.1, -0.05) is 0 Å². The van der Waals surface area contributed by atoms with Crippen molar-refractivity contribution in [1.82, 2.24) is 15.3 Å². The molecule has 0 atom stereocenters. The summed E-state index contributed by atoms with van der Waals surface area (Å²) < 4.78 is 13.6. The summed E-state index contributed by atoms with van der Waals surface area (Å²) in [6.45, 7) is 2.81. The molecular weight excluding hydrogens is 243 g/mol. The summed E-state index contributed by atoms with van der Waals surface area (Å²) in [4.78, 5) is 6.89. The zero-order valence-electron chi connectivity index (χ0n) is 10.8. The molecule has 19 heavy (non-hydrogen) atoms. The molecule has 2 aromatic rings. The smallest absolute Gasteiger partial charge is 0.166 e. The van der Waals surface area contributed by atoms with E-state index >= 15 is 0 Å². The predicted molar refractivity (Wildman–Crippen MR) is 69.9 cm³/mol. The number of aromatic nitrogens is 2. The highest BCUT2D eigenvalue weighted by molar-refractivity contribution is 5.80. The molecule has 2 heterocycles. The van der Waals surface area contributed by atoms with Gasteiger partial charge in [0.25, 0.3) is 0 Å². The van der Waals surface area contributed by atoms with Gasteiger partial charge in [0.1, 0.15) is 17.3 Å². The second kappa shape index (κ2) is 4.32. The quantitative estimate of drug-likeness (QED) is 0.889. The van der Waals surface area contributed by atoms with E-state index < -0.39 is 5.82 Å². The minimum absolute atomic E-state index is 0.174. The van der Waals surface area contributed by atoms with E-state index in [1.165, 1.54) is 12.6 Å². The van der Waals surface area contributed by atoms with Crippen molar-refractivity contribution in [2.24, 2.45) is 0 Å². The van der Waals surface area contributed by atoms with Crippen molar-refractivity contribution in [3.05, 3.63) is 29.3 Å². The summed E-state index contributed by atoms with van der Waals surface area (Å²) in [7, 11) is 0. The van der Waals surface area contributed by atoms with Crippen LogP contribution in [0.2, 0.25) is 0 Å². The number of halogens is 1. The van der Waals surface area contributed by atoms with Gasteiger partial charge >= 0.3 is 0 Å². The maximum atomic E-state index is 13.6. The van der Waals surface area contributed by atoms with Gasteiger partial charge < -0.3 is 10.3 Å². The largest absolute Gasteiger partial charge is 0.357 e. The van der Waals surface area contributed by atoms with E-state index in [0.29, 0.717) is 12.1 Å². The molecule has 0 unspecified atom stereocenters. The van der Waals surface area contributed by atoms with Gasteiger partial charge in [0.15, 0.2) is 5.82 Å². The van der Waals surface area contributed by atoms with Crippen LogP contribution in [0.25, 0.3) is 11.0 Å². The van der Waals surface area contributed by atoms with Gasteiger partial charge in [-0.15, -0.1) is 0 Å². The minimum atomic E-state index is -0.414. The second-order valence-electron chi connectivity index (χ2n) is 5.41. The van der Waals surface area contributed by atoms with Crippen LogP contribution >= 0.6 is 0 Å². The molecule has 2 N–H and O–H groups in total. The van der Waals surface area contributed by atoms with E-state index in [9.17, 15) is 4.39 Å². The maximum absolute atomic E-state index is 13.6. The Bertz CT molecular complexity index is 664. The first-order valence-corrected chi connectivity index (χ1v) is 6.43. The predicted octanol–water partition coefficient (Wildman–Crippen LogP) is 2.61. The summed E-state index contributed by atoms with van der Waals surface area (Å²) in [5.41, 5.74) is 2.23. The zero-order chi connectivity index (χ0) is 13.5. The number of hydrogen-bond donors (Lipinski definition) is 2. The highest BCUT2D eigenvalue weighted by Gasteiger charge is 2.31. The van der Waals surface area contributed by atoms with Crippen molar-refractivity contribution < 1.29 is 4.39 Å². The Labute approximate surface area is 110 Å². The molecule has 1 fully saturated rings. The molecule has 3 rings (SSSR count). The van der Waals surface area contributed by atoms with Crippen LogP contribution in [0.1, 0.15) is 37.4 Å². The van der Waals surface area contributed by atoms with Gasteiger partial charge in [-0.2, -0.15) is 5.26 Å². The molecule has 1 saturated carbocycles. The fourth-order valence-corrected chi connectivity index (χ4v) is 2.52. The number of nitrogens with one attached hydrogen (secondary N) is 2. The van der Waals surface area contributed by atoms with Gasteiger partial charge in [-0.3, -0.25) is 0 Å². The molecule has 0 radical (unpaired) electrons. The summed E-state index contributed by atoms with van der Waals surface area (Å²) >= 11 is 0. The first-order chi connectivity index (χ1) is 9.11. The summed E-state index contributed by atoms with van der Waals surface area (Å²) in [6.07, 6.45) is 4.85. The van der Waals surface area contributed by atoms with Crippen molar-refractivity contribution in [2.45, 2.75) is 38.3 Å². The van der Waals surface area contributed by atoms with Crippen LogP contribution in [-0.2, 0) is 6.54 Å². The van der Waals surface area contributed by atoms with Crippen molar-refractivity contribution in [3.63, 3.8) is 0 Å². The Morgan fingerprint density at radius 3 is 3.00 bits per heavy atom. The second-order valence-corrected chi connectivity index (χ2v) is 5.41. The summed E-state index contributed by atoms with van der Waals surface area (Å²) in [5.74, 6) is -0.414. The Balaban J connectivity index is 1.95. The minimum Gasteiger partial charge on any atom is -0.357 e. The van der Waals surface area contributed by atoms with Crippen LogP contribution in [0.3, 0.4) is 0 Å². The normalized spacial score (nSPS) is 17.1. The standard InChI is InChI=1S/C14H15FN4/c1-14(3-2-4-14)18-7-9-5-10(6-16)19-13-11(15)8-17-12(9)13/h5,8,17-18H,2-4,7H2,1H3. The van der Waals surface area contributed by atoms with Crippen LogP contribution in [0, 0.1) is 17.1 Å².